The summed E-state index contributed by atoms with van der Waals surface area (Å²) in [5.41, 5.74) is 1.91. The second-order valence-electron chi connectivity index (χ2n) is 5.41. The molecule has 110 valence electrons. The summed E-state index contributed by atoms with van der Waals surface area (Å²) in [7, 11) is 0. The van der Waals surface area contributed by atoms with Gasteiger partial charge in [-0.15, -0.1) is 0 Å². The zero-order chi connectivity index (χ0) is 14.9. The number of amides is 1. The van der Waals surface area contributed by atoms with Gasteiger partial charge in [-0.1, -0.05) is 42.1 Å². The lowest BCUT2D eigenvalue weighted by Gasteiger charge is -2.17. The van der Waals surface area contributed by atoms with Crippen molar-refractivity contribution >= 4 is 17.7 Å². The number of rotatable bonds is 5. The summed E-state index contributed by atoms with van der Waals surface area (Å²) >= 11 is 1.34. The smallest absolute Gasteiger partial charge is 0.256 e. The molecular formula is C16H18N2O2S. The Balaban J connectivity index is 1.57. The van der Waals surface area contributed by atoms with E-state index in [4.69, 9.17) is 4.42 Å². The van der Waals surface area contributed by atoms with Crippen molar-refractivity contribution < 1.29 is 9.21 Å². The Hall–Kier alpha value is -1.75. The molecule has 0 spiro atoms. The summed E-state index contributed by atoms with van der Waals surface area (Å²) in [6.45, 7) is 3.78. The molecule has 0 aliphatic heterocycles. The van der Waals surface area contributed by atoms with Gasteiger partial charge in [-0.25, -0.2) is 4.98 Å². The number of carbonyl (C=O) groups is 1. The number of hydrogen-bond acceptors (Lipinski definition) is 4. The van der Waals surface area contributed by atoms with Gasteiger partial charge >= 0.3 is 0 Å². The van der Waals surface area contributed by atoms with Gasteiger partial charge in [0, 0.05) is 0 Å². The third-order valence-corrected chi connectivity index (χ3v) is 4.62. The van der Waals surface area contributed by atoms with E-state index in [1.165, 1.54) is 17.3 Å². The van der Waals surface area contributed by atoms with Crippen molar-refractivity contribution in [2.24, 2.45) is 0 Å². The Bertz CT molecular complexity index is 628. The minimum atomic E-state index is -0.151. The fourth-order valence-electron chi connectivity index (χ4n) is 2.30. The predicted molar refractivity (Wildman–Crippen MR) is 82.2 cm³/mol. The molecule has 1 aromatic carbocycles. The van der Waals surface area contributed by atoms with E-state index in [1.54, 1.807) is 0 Å². The molecule has 0 atom stereocenters. The van der Waals surface area contributed by atoms with E-state index < -0.39 is 0 Å². The highest BCUT2D eigenvalue weighted by Gasteiger charge is 2.45. The van der Waals surface area contributed by atoms with Gasteiger partial charge in [0.1, 0.15) is 5.76 Å². The summed E-state index contributed by atoms with van der Waals surface area (Å²) in [5.74, 6) is 1.16. The van der Waals surface area contributed by atoms with Crippen LogP contribution >= 0.6 is 11.8 Å². The van der Waals surface area contributed by atoms with Crippen molar-refractivity contribution in [1.82, 2.24) is 10.3 Å². The highest BCUT2D eigenvalue weighted by molar-refractivity contribution is 7.99. The van der Waals surface area contributed by atoms with Gasteiger partial charge in [-0.05, 0) is 32.3 Å². The second-order valence-corrected chi connectivity index (χ2v) is 6.33. The number of carbonyl (C=O) groups excluding carboxylic acids is 1. The first-order valence-electron chi connectivity index (χ1n) is 7.02. The third-order valence-electron chi connectivity index (χ3n) is 3.79. The van der Waals surface area contributed by atoms with Gasteiger partial charge in [0.2, 0.25) is 5.91 Å². The van der Waals surface area contributed by atoms with Crippen LogP contribution in [-0.2, 0) is 10.3 Å². The Morgan fingerprint density at radius 3 is 2.62 bits per heavy atom. The minimum Gasteiger partial charge on any atom is -0.437 e. The number of aromatic nitrogens is 1. The molecule has 0 saturated heterocycles. The standard InChI is InChI=1S/C16H18N2O2S/c1-11-12(2)20-15(17-11)21-10-14(19)18-16(8-9-16)13-6-4-3-5-7-13/h3-7H,8-10H2,1-2H3,(H,18,19). The Kier molecular flexibility index (Phi) is 3.76. The maximum absolute atomic E-state index is 12.1. The first-order valence-corrected chi connectivity index (χ1v) is 8.01. The average Bonchev–Trinajstić information content (AvgIpc) is 3.19. The minimum absolute atomic E-state index is 0.0230. The Morgan fingerprint density at radius 1 is 1.33 bits per heavy atom. The SMILES string of the molecule is Cc1nc(SCC(=O)NC2(c3ccccc3)CC2)oc1C. The van der Waals surface area contributed by atoms with Crippen molar-refractivity contribution in [3.8, 4) is 0 Å². The topological polar surface area (TPSA) is 55.1 Å². The van der Waals surface area contributed by atoms with Crippen LogP contribution in [0.1, 0.15) is 29.9 Å². The number of oxazole rings is 1. The molecule has 0 radical (unpaired) electrons. The molecule has 3 rings (SSSR count). The number of aryl methyl sites for hydroxylation is 2. The molecule has 1 heterocycles. The van der Waals surface area contributed by atoms with Crippen LogP contribution in [0.4, 0.5) is 0 Å². The molecule has 1 amide bonds. The third kappa shape index (κ3) is 3.13. The first-order chi connectivity index (χ1) is 10.1. The fraction of sp³-hybridized carbons (Fsp3) is 0.375. The van der Waals surface area contributed by atoms with E-state index >= 15 is 0 Å². The van der Waals surface area contributed by atoms with Crippen molar-refractivity contribution in [3.63, 3.8) is 0 Å². The molecule has 1 saturated carbocycles. The number of nitrogens with zero attached hydrogens (tertiary/aromatic N) is 1. The quantitative estimate of drug-likeness (QED) is 0.862. The van der Waals surface area contributed by atoms with Crippen LogP contribution in [0.25, 0.3) is 0 Å². The number of hydrogen-bond donors (Lipinski definition) is 1. The van der Waals surface area contributed by atoms with Gasteiger partial charge < -0.3 is 9.73 Å². The predicted octanol–water partition coefficient (Wildman–Crippen LogP) is 3.19. The fourth-order valence-corrected chi connectivity index (χ4v) is 3.02. The molecule has 5 heteroatoms. The molecule has 0 bridgehead atoms. The van der Waals surface area contributed by atoms with Crippen LogP contribution < -0.4 is 5.32 Å². The zero-order valence-electron chi connectivity index (χ0n) is 12.2. The lowest BCUT2D eigenvalue weighted by atomic mass is 10.1. The van der Waals surface area contributed by atoms with Crippen molar-refractivity contribution in [3.05, 3.63) is 47.3 Å². The van der Waals surface area contributed by atoms with Crippen LogP contribution in [-0.4, -0.2) is 16.6 Å². The van der Waals surface area contributed by atoms with Gasteiger partial charge in [-0.3, -0.25) is 4.79 Å². The second kappa shape index (κ2) is 5.56. The molecular weight excluding hydrogens is 284 g/mol. The number of nitrogens with one attached hydrogen (secondary N) is 1. The molecule has 1 aliphatic rings. The van der Waals surface area contributed by atoms with E-state index in [0.29, 0.717) is 11.0 Å². The zero-order valence-corrected chi connectivity index (χ0v) is 13.0. The highest BCUT2D eigenvalue weighted by Crippen LogP contribution is 2.45. The van der Waals surface area contributed by atoms with Crippen LogP contribution in [0, 0.1) is 13.8 Å². The van der Waals surface area contributed by atoms with Crippen LogP contribution in [0.5, 0.6) is 0 Å². The molecule has 4 nitrogen and oxygen atoms in total. The average molecular weight is 302 g/mol. The monoisotopic (exact) mass is 302 g/mol. The maximum atomic E-state index is 12.1. The van der Waals surface area contributed by atoms with Crippen LogP contribution in [0.3, 0.4) is 0 Å². The summed E-state index contributed by atoms with van der Waals surface area (Å²) in [6.07, 6.45) is 2.01. The first kappa shape index (κ1) is 14.2. The largest absolute Gasteiger partial charge is 0.437 e. The molecule has 1 fully saturated rings. The lowest BCUT2D eigenvalue weighted by molar-refractivity contribution is -0.119. The van der Waals surface area contributed by atoms with Crippen molar-refractivity contribution in [2.45, 2.75) is 37.5 Å². The molecule has 0 unspecified atom stereocenters. The van der Waals surface area contributed by atoms with E-state index in [1.807, 2.05) is 32.0 Å². The van der Waals surface area contributed by atoms with Crippen molar-refractivity contribution in [2.75, 3.05) is 5.75 Å². The summed E-state index contributed by atoms with van der Waals surface area (Å²) in [6, 6.07) is 10.1. The Morgan fingerprint density at radius 2 is 2.05 bits per heavy atom. The number of thioether (sulfide) groups is 1. The molecule has 1 N–H and O–H groups in total. The van der Waals surface area contributed by atoms with E-state index in [0.717, 1.165) is 24.3 Å². The highest BCUT2D eigenvalue weighted by atomic mass is 32.2. The van der Waals surface area contributed by atoms with Gasteiger partial charge in [0.15, 0.2) is 0 Å². The lowest BCUT2D eigenvalue weighted by Crippen LogP contribution is -2.36. The molecule has 1 aliphatic carbocycles. The van der Waals surface area contributed by atoms with Crippen LogP contribution in [0.15, 0.2) is 40.0 Å². The van der Waals surface area contributed by atoms with Crippen molar-refractivity contribution in [1.29, 1.82) is 0 Å². The van der Waals surface area contributed by atoms with E-state index in [9.17, 15) is 4.79 Å². The summed E-state index contributed by atoms with van der Waals surface area (Å²) in [5, 5.41) is 3.71. The molecule has 21 heavy (non-hydrogen) atoms. The van der Waals surface area contributed by atoms with Gasteiger partial charge in [-0.2, -0.15) is 0 Å². The summed E-state index contributed by atoms with van der Waals surface area (Å²) in [4.78, 5) is 16.4. The van der Waals surface area contributed by atoms with Gasteiger partial charge in [0.05, 0.1) is 17.0 Å². The normalized spacial score (nSPS) is 15.7. The van der Waals surface area contributed by atoms with Crippen LogP contribution in [0.2, 0.25) is 0 Å². The number of benzene rings is 1. The maximum Gasteiger partial charge on any atom is 0.256 e. The van der Waals surface area contributed by atoms with E-state index in [2.05, 4.69) is 22.4 Å². The molecule has 1 aromatic heterocycles. The van der Waals surface area contributed by atoms with Gasteiger partial charge in [0.25, 0.3) is 5.22 Å². The Labute approximate surface area is 128 Å². The molecule has 2 aromatic rings. The van der Waals surface area contributed by atoms with E-state index in [-0.39, 0.29) is 11.4 Å². The summed E-state index contributed by atoms with van der Waals surface area (Å²) < 4.78 is 5.47.